The highest BCUT2D eigenvalue weighted by atomic mass is 35.5. The van der Waals surface area contributed by atoms with E-state index in [-0.39, 0.29) is 36.7 Å². The molecule has 1 aliphatic rings. The molecule has 0 unspecified atom stereocenters. The topological polar surface area (TPSA) is 63.7 Å². The fourth-order valence-corrected chi connectivity index (χ4v) is 3.54. The van der Waals surface area contributed by atoms with Crippen LogP contribution in [-0.4, -0.2) is 36.2 Å². The van der Waals surface area contributed by atoms with E-state index in [0.717, 1.165) is 11.3 Å². The van der Waals surface area contributed by atoms with Gasteiger partial charge in [-0.05, 0) is 42.8 Å². The van der Waals surface area contributed by atoms with Crippen molar-refractivity contribution in [3.63, 3.8) is 0 Å². The van der Waals surface area contributed by atoms with Crippen molar-refractivity contribution in [3.05, 3.63) is 65.5 Å². The third-order valence-corrected chi connectivity index (χ3v) is 5.13. The number of Topliss-reactive ketones (excluding diaryl/α,β-unsaturated/α-hetero) is 1. The van der Waals surface area contributed by atoms with Gasteiger partial charge in [-0.1, -0.05) is 18.2 Å². The number of ketones is 1. The highest BCUT2D eigenvalue weighted by molar-refractivity contribution is 6.18. The number of nitrogens with zero attached hydrogens (tertiary/aromatic N) is 1. The lowest BCUT2D eigenvalue weighted by Crippen LogP contribution is -2.32. The normalized spacial score (nSPS) is 17.3. The van der Waals surface area contributed by atoms with Gasteiger partial charge in [-0.3, -0.25) is 14.4 Å². The average Bonchev–Trinajstić information content (AvgIpc) is 3.09. The summed E-state index contributed by atoms with van der Waals surface area (Å²) >= 11 is 5.77. The number of para-hydroxylation sites is 1. The van der Waals surface area contributed by atoms with E-state index in [1.54, 1.807) is 4.90 Å². The van der Waals surface area contributed by atoms with E-state index in [9.17, 15) is 18.8 Å². The van der Waals surface area contributed by atoms with Crippen LogP contribution in [0.25, 0.3) is 0 Å². The maximum absolute atomic E-state index is 13.1. The smallest absolute Gasteiger partial charge is 0.312 e. The molecule has 0 bridgehead atoms. The minimum absolute atomic E-state index is 0.0193. The molecule has 0 radical (unpaired) electrons. The van der Waals surface area contributed by atoms with Crippen LogP contribution in [0, 0.1) is 18.7 Å². The summed E-state index contributed by atoms with van der Waals surface area (Å²) in [5.74, 6) is -2.24. The van der Waals surface area contributed by atoms with E-state index in [1.165, 1.54) is 24.3 Å². The lowest BCUT2D eigenvalue weighted by molar-refractivity contribution is -0.151. The van der Waals surface area contributed by atoms with Gasteiger partial charge in [-0.2, -0.15) is 0 Å². The Morgan fingerprint density at radius 3 is 2.55 bits per heavy atom. The van der Waals surface area contributed by atoms with E-state index in [2.05, 4.69) is 0 Å². The van der Waals surface area contributed by atoms with Gasteiger partial charge in [0.1, 0.15) is 5.82 Å². The number of aryl methyl sites for hydroxylation is 1. The molecule has 0 aliphatic carbocycles. The zero-order chi connectivity index (χ0) is 21.0. The van der Waals surface area contributed by atoms with Gasteiger partial charge in [0.05, 0.1) is 5.92 Å². The maximum Gasteiger partial charge on any atom is 0.312 e. The van der Waals surface area contributed by atoms with E-state index in [4.69, 9.17) is 16.3 Å². The van der Waals surface area contributed by atoms with Crippen molar-refractivity contribution in [3.8, 4) is 0 Å². The first kappa shape index (κ1) is 21.0. The number of anilines is 1. The molecular formula is C22H21ClFNO4. The molecule has 2 aromatic rings. The first-order chi connectivity index (χ1) is 13.9. The number of esters is 1. The molecule has 7 heteroatoms. The molecule has 1 amide bonds. The Bertz CT molecular complexity index is 915. The van der Waals surface area contributed by atoms with Crippen LogP contribution in [0.2, 0.25) is 0 Å². The Morgan fingerprint density at radius 2 is 1.90 bits per heavy atom. The van der Waals surface area contributed by atoms with Gasteiger partial charge in [0.15, 0.2) is 6.10 Å². The predicted molar refractivity (Wildman–Crippen MR) is 108 cm³/mol. The lowest BCUT2D eigenvalue weighted by Gasteiger charge is -2.20. The Labute approximate surface area is 173 Å². The van der Waals surface area contributed by atoms with E-state index >= 15 is 0 Å². The summed E-state index contributed by atoms with van der Waals surface area (Å²) in [5.41, 5.74) is 1.92. The van der Waals surface area contributed by atoms with Gasteiger partial charge in [0, 0.05) is 36.5 Å². The summed E-state index contributed by atoms with van der Waals surface area (Å²) in [6.07, 6.45) is -0.926. The number of carbonyl (C=O) groups is 3. The van der Waals surface area contributed by atoms with Crippen LogP contribution in [0.1, 0.15) is 28.8 Å². The fraction of sp³-hybridized carbons (Fsp3) is 0.318. The largest absolute Gasteiger partial charge is 0.454 e. The minimum atomic E-state index is -1.08. The second-order valence-electron chi connectivity index (χ2n) is 6.97. The number of halogens is 2. The van der Waals surface area contributed by atoms with Crippen molar-refractivity contribution in [1.82, 2.24) is 0 Å². The van der Waals surface area contributed by atoms with Crippen molar-refractivity contribution in [2.45, 2.75) is 25.9 Å². The van der Waals surface area contributed by atoms with Gasteiger partial charge in [-0.15, -0.1) is 11.6 Å². The number of carbonyl (C=O) groups excluding carboxylic acids is 3. The monoisotopic (exact) mass is 417 g/mol. The molecule has 1 saturated heterocycles. The van der Waals surface area contributed by atoms with Crippen LogP contribution >= 0.6 is 11.6 Å². The highest BCUT2D eigenvalue weighted by Crippen LogP contribution is 2.29. The van der Waals surface area contributed by atoms with Crippen LogP contribution in [0.5, 0.6) is 0 Å². The van der Waals surface area contributed by atoms with Crippen molar-refractivity contribution in [2.75, 3.05) is 17.3 Å². The van der Waals surface area contributed by atoms with Gasteiger partial charge in [0.2, 0.25) is 11.7 Å². The summed E-state index contributed by atoms with van der Waals surface area (Å²) < 4.78 is 18.5. The van der Waals surface area contributed by atoms with E-state index in [0.29, 0.717) is 0 Å². The Kier molecular flexibility index (Phi) is 6.64. The van der Waals surface area contributed by atoms with Crippen molar-refractivity contribution >= 4 is 34.9 Å². The van der Waals surface area contributed by atoms with Crippen LogP contribution in [0.4, 0.5) is 10.1 Å². The summed E-state index contributed by atoms with van der Waals surface area (Å²) in [5, 5.41) is 0. The van der Waals surface area contributed by atoms with Gasteiger partial charge >= 0.3 is 5.97 Å². The van der Waals surface area contributed by atoms with Gasteiger partial charge < -0.3 is 9.64 Å². The molecule has 152 valence electrons. The van der Waals surface area contributed by atoms with Crippen LogP contribution in [0.15, 0.2) is 48.5 Å². The first-order valence-electron chi connectivity index (χ1n) is 9.33. The van der Waals surface area contributed by atoms with E-state index in [1.807, 2.05) is 31.2 Å². The molecule has 2 atom stereocenters. The molecule has 1 aliphatic heterocycles. The summed E-state index contributed by atoms with van der Waals surface area (Å²) in [6.45, 7) is 2.09. The second-order valence-corrected chi connectivity index (χ2v) is 7.34. The zero-order valence-corrected chi connectivity index (χ0v) is 16.7. The average molecular weight is 418 g/mol. The number of amides is 1. The number of rotatable bonds is 7. The molecule has 5 nitrogen and oxygen atoms in total. The van der Waals surface area contributed by atoms with Crippen LogP contribution < -0.4 is 4.90 Å². The summed E-state index contributed by atoms with van der Waals surface area (Å²) in [7, 11) is 0. The SMILES string of the molecule is Cc1ccccc1N1C[C@@H](C(=O)O[C@@H](CCCl)C(=O)c2ccc(F)cc2)CC1=O. The molecule has 1 fully saturated rings. The quantitative estimate of drug-likeness (QED) is 0.389. The molecule has 1 heterocycles. The van der Waals surface area contributed by atoms with Crippen LogP contribution in [-0.2, 0) is 14.3 Å². The molecule has 3 rings (SSSR count). The third kappa shape index (κ3) is 4.82. The van der Waals surface area contributed by atoms with Gasteiger partial charge in [-0.25, -0.2) is 4.39 Å². The Hall–Kier alpha value is -2.73. The molecule has 29 heavy (non-hydrogen) atoms. The van der Waals surface area contributed by atoms with E-state index < -0.39 is 29.6 Å². The third-order valence-electron chi connectivity index (χ3n) is 4.92. The molecule has 0 aromatic heterocycles. The predicted octanol–water partition coefficient (Wildman–Crippen LogP) is 3.91. The number of ether oxygens (including phenoxy) is 1. The molecule has 0 N–H and O–H groups in total. The fourth-order valence-electron chi connectivity index (χ4n) is 3.34. The van der Waals surface area contributed by atoms with Gasteiger partial charge in [0.25, 0.3) is 0 Å². The summed E-state index contributed by atoms with van der Waals surface area (Å²) in [6, 6.07) is 12.5. The zero-order valence-electron chi connectivity index (χ0n) is 15.9. The summed E-state index contributed by atoms with van der Waals surface area (Å²) in [4.78, 5) is 39.3. The van der Waals surface area contributed by atoms with Crippen molar-refractivity contribution in [2.24, 2.45) is 5.92 Å². The van der Waals surface area contributed by atoms with Crippen molar-refractivity contribution in [1.29, 1.82) is 0 Å². The lowest BCUT2D eigenvalue weighted by atomic mass is 10.0. The van der Waals surface area contributed by atoms with Crippen molar-refractivity contribution < 1.29 is 23.5 Å². The highest BCUT2D eigenvalue weighted by Gasteiger charge is 2.38. The molecule has 0 saturated carbocycles. The number of benzene rings is 2. The molecular weight excluding hydrogens is 397 g/mol. The minimum Gasteiger partial charge on any atom is -0.454 e. The molecule has 0 spiro atoms. The Morgan fingerprint density at radius 1 is 1.21 bits per heavy atom. The Balaban J connectivity index is 1.70. The molecule has 2 aromatic carbocycles. The number of hydrogen-bond acceptors (Lipinski definition) is 4. The number of alkyl halides is 1. The number of hydrogen-bond donors (Lipinski definition) is 0. The first-order valence-corrected chi connectivity index (χ1v) is 9.86. The second kappa shape index (κ2) is 9.18. The standard InChI is InChI=1S/C22H21ClFNO4/c1-14-4-2-3-5-18(14)25-13-16(12-20(25)26)22(28)29-19(10-11-23)21(27)15-6-8-17(24)9-7-15/h2-9,16,19H,10-13H2,1H3/t16-,19-/m0/s1. The maximum atomic E-state index is 13.1. The van der Waals surface area contributed by atoms with Crippen LogP contribution in [0.3, 0.4) is 0 Å².